The normalized spacial score (nSPS) is 18.2. The monoisotopic (exact) mass is 406 g/mol. The van der Waals surface area contributed by atoms with Gasteiger partial charge in [0.1, 0.15) is 0 Å². The molecule has 1 fully saturated rings. The number of hydrogen-bond acceptors (Lipinski definition) is 2. The third kappa shape index (κ3) is 4.58. The first-order chi connectivity index (χ1) is 13.6. The van der Waals surface area contributed by atoms with Crippen LogP contribution in [0.4, 0.5) is 13.2 Å². The molecule has 0 bridgehead atoms. The molecule has 29 heavy (non-hydrogen) atoms. The van der Waals surface area contributed by atoms with Crippen molar-refractivity contribution in [3.63, 3.8) is 0 Å². The number of benzene rings is 2. The molecule has 2 aromatic rings. The zero-order chi connectivity index (χ0) is 21.2. The molecular weight excluding hydrogens is 377 g/mol. The quantitative estimate of drug-likeness (QED) is 0.577. The maximum Gasteiger partial charge on any atom is 0.409 e. The van der Waals surface area contributed by atoms with E-state index in [0.717, 1.165) is 48.1 Å². The number of alkyl halides is 3. The molecule has 1 amide bonds. The number of nitrogens with zero attached hydrogens (tertiary/aromatic N) is 1. The number of unbranched alkanes of at least 4 members (excludes halogenated alkanes) is 3. The van der Waals surface area contributed by atoms with Crippen molar-refractivity contribution in [2.45, 2.75) is 65.1 Å². The van der Waals surface area contributed by atoms with Gasteiger partial charge in [0.15, 0.2) is 6.04 Å². The van der Waals surface area contributed by atoms with Crippen molar-refractivity contribution in [1.82, 2.24) is 10.4 Å². The number of hydrogen-bond donors (Lipinski definition) is 1. The van der Waals surface area contributed by atoms with Crippen LogP contribution in [0.3, 0.4) is 0 Å². The van der Waals surface area contributed by atoms with Gasteiger partial charge in [0.05, 0.1) is 5.41 Å². The van der Waals surface area contributed by atoms with Crippen LogP contribution in [0.2, 0.25) is 0 Å². The Morgan fingerprint density at radius 3 is 2.38 bits per heavy atom. The number of nitrogens with one attached hydrogen (secondary N) is 1. The van der Waals surface area contributed by atoms with Crippen LogP contribution in [0.1, 0.15) is 63.6 Å². The van der Waals surface area contributed by atoms with E-state index in [4.69, 9.17) is 0 Å². The van der Waals surface area contributed by atoms with Crippen molar-refractivity contribution >= 4 is 16.7 Å². The Kier molecular flexibility index (Phi) is 6.22. The fraction of sp³-hybridized carbons (Fsp3) is 0.522. The van der Waals surface area contributed by atoms with Gasteiger partial charge < -0.3 is 0 Å². The highest BCUT2D eigenvalue weighted by Gasteiger charge is 2.51. The average molecular weight is 406 g/mol. The van der Waals surface area contributed by atoms with E-state index in [1.54, 1.807) is 26.0 Å². The highest BCUT2D eigenvalue weighted by atomic mass is 19.4. The summed E-state index contributed by atoms with van der Waals surface area (Å²) in [6.07, 6.45) is 0.479. The zero-order valence-electron chi connectivity index (χ0n) is 17.3. The second kappa shape index (κ2) is 8.34. The summed E-state index contributed by atoms with van der Waals surface area (Å²) >= 11 is 0. The molecular formula is C23H29F3N2O. The number of carbonyl (C=O) groups excluding carboxylic acids is 1. The van der Waals surface area contributed by atoms with Crippen LogP contribution < -0.4 is 5.43 Å². The minimum atomic E-state index is -4.52. The summed E-state index contributed by atoms with van der Waals surface area (Å²) in [6, 6.07) is 8.88. The Bertz CT molecular complexity index is 871. The molecule has 0 aromatic heterocycles. The zero-order valence-corrected chi connectivity index (χ0v) is 17.3. The molecule has 6 heteroatoms. The Hall–Kier alpha value is -2.08. The van der Waals surface area contributed by atoms with E-state index in [2.05, 4.69) is 12.3 Å². The number of rotatable bonds is 7. The SMILES string of the molecule is CCCCCCc1cccc2cccc([C@H](N3CC(C)(C)C(=O)N3)C(F)(F)F)c12. The largest absolute Gasteiger partial charge is 0.409 e. The summed E-state index contributed by atoms with van der Waals surface area (Å²) in [7, 11) is 0. The lowest BCUT2D eigenvalue weighted by Crippen LogP contribution is -2.43. The lowest BCUT2D eigenvalue weighted by atomic mass is 9.90. The molecule has 1 heterocycles. The third-order valence-electron chi connectivity index (χ3n) is 5.66. The molecule has 0 unspecified atom stereocenters. The maximum absolute atomic E-state index is 14.3. The van der Waals surface area contributed by atoms with E-state index < -0.39 is 17.6 Å². The lowest BCUT2D eigenvalue weighted by molar-refractivity contribution is -0.191. The first kappa shape index (κ1) is 21.6. The predicted molar refractivity (Wildman–Crippen MR) is 109 cm³/mol. The molecule has 2 aromatic carbocycles. The van der Waals surface area contributed by atoms with Gasteiger partial charge in [-0.15, -0.1) is 0 Å². The summed E-state index contributed by atoms with van der Waals surface area (Å²) in [6.45, 7) is 5.47. The molecule has 0 spiro atoms. The molecule has 1 aliphatic rings. The second-order valence-electron chi connectivity index (χ2n) is 8.57. The fourth-order valence-electron chi connectivity index (χ4n) is 4.12. The third-order valence-corrected chi connectivity index (χ3v) is 5.66. The molecule has 0 aliphatic carbocycles. The van der Waals surface area contributed by atoms with E-state index in [1.165, 1.54) is 0 Å². The van der Waals surface area contributed by atoms with Gasteiger partial charge in [-0.1, -0.05) is 62.6 Å². The molecule has 3 nitrogen and oxygen atoms in total. The van der Waals surface area contributed by atoms with Crippen LogP contribution in [-0.2, 0) is 11.2 Å². The van der Waals surface area contributed by atoms with Crippen molar-refractivity contribution < 1.29 is 18.0 Å². The summed E-state index contributed by atoms with van der Waals surface area (Å²) in [4.78, 5) is 12.2. The summed E-state index contributed by atoms with van der Waals surface area (Å²) in [5, 5.41) is 2.52. The van der Waals surface area contributed by atoms with Gasteiger partial charge in [-0.2, -0.15) is 13.2 Å². The molecule has 1 N–H and O–H groups in total. The smallest absolute Gasteiger partial charge is 0.287 e. The van der Waals surface area contributed by atoms with E-state index in [9.17, 15) is 18.0 Å². The Morgan fingerprint density at radius 1 is 1.10 bits per heavy atom. The Labute approximate surface area is 170 Å². The van der Waals surface area contributed by atoms with Crippen molar-refractivity contribution in [3.8, 4) is 0 Å². The van der Waals surface area contributed by atoms with Gasteiger partial charge in [-0.05, 0) is 48.6 Å². The second-order valence-corrected chi connectivity index (χ2v) is 8.57. The minimum absolute atomic E-state index is 0.00502. The summed E-state index contributed by atoms with van der Waals surface area (Å²) in [5.41, 5.74) is 2.75. The lowest BCUT2D eigenvalue weighted by Gasteiger charge is -2.31. The number of carbonyl (C=O) groups is 1. The average Bonchev–Trinajstić information content (AvgIpc) is 2.90. The van der Waals surface area contributed by atoms with Crippen LogP contribution in [0.25, 0.3) is 10.8 Å². The van der Waals surface area contributed by atoms with Gasteiger partial charge in [-0.25, -0.2) is 5.01 Å². The van der Waals surface area contributed by atoms with E-state index >= 15 is 0 Å². The fourth-order valence-corrected chi connectivity index (χ4v) is 4.12. The van der Waals surface area contributed by atoms with Gasteiger partial charge in [0.25, 0.3) is 0 Å². The van der Waals surface area contributed by atoms with Gasteiger partial charge >= 0.3 is 6.18 Å². The van der Waals surface area contributed by atoms with Crippen molar-refractivity contribution in [1.29, 1.82) is 0 Å². The summed E-state index contributed by atoms with van der Waals surface area (Å²) in [5.74, 6) is -0.383. The van der Waals surface area contributed by atoms with Crippen LogP contribution in [0.15, 0.2) is 36.4 Å². The number of fused-ring (bicyclic) bond motifs is 1. The van der Waals surface area contributed by atoms with Gasteiger partial charge in [-0.3, -0.25) is 10.2 Å². The highest BCUT2D eigenvalue weighted by Crippen LogP contribution is 2.43. The van der Waals surface area contributed by atoms with Gasteiger partial charge in [0, 0.05) is 6.54 Å². The topological polar surface area (TPSA) is 32.3 Å². The van der Waals surface area contributed by atoms with Crippen molar-refractivity contribution in [2.75, 3.05) is 6.54 Å². The first-order valence-corrected chi connectivity index (χ1v) is 10.3. The van der Waals surface area contributed by atoms with Crippen molar-refractivity contribution in [2.24, 2.45) is 5.41 Å². The standard InChI is InChI=1S/C23H29F3N2O/c1-4-5-6-7-10-16-11-8-12-17-13-9-14-18(19(16)17)20(23(24,25)26)28-15-22(2,3)21(29)27-28/h8-9,11-14,20H,4-7,10,15H2,1-3H3,(H,27,29)/t20-/m0/s1. The maximum atomic E-state index is 14.3. The predicted octanol–water partition coefficient (Wildman–Crippen LogP) is 5.94. The molecule has 0 saturated carbocycles. The molecule has 3 rings (SSSR count). The Balaban J connectivity index is 2.06. The molecule has 1 aliphatic heterocycles. The number of hydrazine groups is 1. The summed E-state index contributed by atoms with van der Waals surface area (Å²) < 4.78 is 42.8. The number of halogens is 3. The van der Waals surface area contributed by atoms with Crippen molar-refractivity contribution in [3.05, 3.63) is 47.5 Å². The molecule has 1 atom stereocenters. The van der Waals surface area contributed by atoms with Crippen LogP contribution in [-0.4, -0.2) is 23.6 Å². The van der Waals surface area contributed by atoms with Gasteiger partial charge in [0.2, 0.25) is 5.91 Å². The Morgan fingerprint density at radius 2 is 1.79 bits per heavy atom. The van der Waals surface area contributed by atoms with E-state index in [0.29, 0.717) is 5.39 Å². The first-order valence-electron chi connectivity index (χ1n) is 10.3. The highest BCUT2D eigenvalue weighted by molar-refractivity contribution is 5.90. The molecule has 158 valence electrons. The molecule has 0 radical (unpaired) electrons. The van der Waals surface area contributed by atoms with Crippen LogP contribution in [0.5, 0.6) is 0 Å². The number of aryl methyl sites for hydroxylation is 1. The number of amides is 1. The van der Waals surface area contributed by atoms with Crippen LogP contribution in [0, 0.1) is 5.41 Å². The minimum Gasteiger partial charge on any atom is -0.287 e. The van der Waals surface area contributed by atoms with E-state index in [1.807, 2.05) is 24.3 Å². The van der Waals surface area contributed by atoms with Crippen LogP contribution >= 0.6 is 0 Å². The van der Waals surface area contributed by atoms with E-state index in [-0.39, 0.29) is 18.0 Å². The molecule has 1 saturated heterocycles.